The average Bonchev–Trinajstić information content (AvgIpc) is 2.24. The number of hydrogen-bond donors (Lipinski definition) is 1. The van der Waals surface area contributed by atoms with Crippen LogP contribution in [-0.2, 0) is 18.8 Å². The number of carbonyl (C=O) groups excluding carboxylic acids is 1. The Labute approximate surface area is 128 Å². The number of esters is 1. The third-order valence-corrected chi connectivity index (χ3v) is 9.10. The van der Waals surface area contributed by atoms with E-state index in [4.69, 9.17) is 9.16 Å². The molecule has 0 radical (unpaired) electrons. The number of carboxylic acids is 1. The Hall–Kier alpha value is -0.883. The Balaban J connectivity index is 2.80. The molecule has 0 aromatic heterocycles. The Morgan fingerprint density at radius 3 is 2.05 bits per heavy atom. The summed E-state index contributed by atoms with van der Waals surface area (Å²) in [5.41, 5.74) is 0. The topological polar surface area (TPSA) is 72.8 Å². The first-order valence-electron chi connectivity index (χ1n) is 7.50. The third kappa shape index (κ3) is 5.11. The molecule has 0 heterocycles. The van der Waals surface area contributed by atoms with E-state index in [0.717, 1.165) is 0 Å². The van der Waals surface area contributed by atoms with E-state index in [-0.39, 0.29) is 23.2 Å². The minimum Gasteiger partial charge on any atom is -0.481 e. The lowest BCUT2D eigenvalue weighted by atomic mass is 9.85. The van der Waals surface area contributed by atoms with Crippen molar-refractivity contribution in [2.24, 2.45) is 5.92 Å². The molecule has 0 spiro atoms. The molecule has 1 aliphatic rings. The maximum absolute atomic E-state index is 11.3. The lowest BCUT2D eigenvalue weighted by Gasteiger charge is -2.42. The standard InChI is InChI=1S/C15H28O5Si/c1-10(16)19-12-7-11(14(17)18)8-13(9-12)20-21(5,6)15(2,3)4/h11-13H,7-9H2,1-6H3,(H,17,18)/t11-,12+,13-/m1/s1. The Morgan fingerprint density at radius 1 is 1.10 bits per heavy atom. The van der Waals surface area contributed by atoms with Crippen LogP contribution in [0.15, 0.2) is 0 Å². The van der Waals surface area contributed by atoms with Crippen molar-refractivity contribution in [2.45, 2.75) is 77.3 Å². The molecule has 1 N–H and O–H groups in total. The molecule has 0 saturated heterocycles. The van der Waals surface area contributed by atoms with Gasteiger partial charge >= 0.3 is 11.9 Å². The van der Waals surface area contributed by atoms with Crippen LogP contribution in [0.5, 0.6) is 0 Å². The van der Waals surface area contributed by atoms with Gasteiger partial charge in [-0.25, -0.2) is 0 Å². The molecule has 0 bridgehead atoms. The largest absolute Gasteiger partial charge is 0.481 e. The highest BCUT2D eigenvalue weighted by atomic mass is 28.4. The number of ether oxygens (including phenoxy) is 1. The highest BCUT2D eigenvalue weighted by molar-refractivity contribution is 6.74. The summed E-state index contributed by atoms with van der Waals surface area (Å²) < 4.78 is 11.6. The fourth-order valence-electron chi connectivity index (χ4n) is 2.44. The summed E-state index contributed by atoms with van der Waals surface area (Å²) in [5, 5.41) is 9.35. The van der Waals surface area contributed by atoms with Crippen molar-refractivity contribution in [3.05, 3.63) is 0 Å². The minimum atomic E-state index is -1.96. The fraction of sp³-hybridized carbons (Fsp3) is 0.867. The minimum absolute atomic E-state index is 0.0695. The summed E-state index contributed by atoms with van der Waals surface area (Å²) >= 11 is 0. The van der Waals surface area contributed by atoms with Gasteiger partial charge in [0.2, 0.25) is 0 Å². The molecule has 122 valence electrons. The zero-order chi connectivity index (χ0) is 16.4. The van der Waals surface area contributed by atoms with Crippen LogP contribution in [0.2, 0.25) is 18.1 Å². The van der Waals surface area contributed by atoms with Gasteiger partial charge in [0.05, 0.1) is 5.92 Å². The Kier molecular flexibility index (Phi) is 5.61. The summed E-state index contributed by atoms with van der Waals surface area (Å²) in [5.74, 6) is -1.70. The van der Waals surface area contributed by atoms with Gasteiger partial charge in [0, 0.05) is 19.4 Å². The highest BCUT2D eigenvalue weighted by Crippen LogP contribution is 2.40. The van der Waals surface area contributed by atoms with Gasteiger partial charge in [-0.1, -0.05) is 20.8 Å². The molecule has 0 unspecified atom stereocenters. The molecule has 0 aromatic carbocycles. The van der Waals surface area contributed by atoms with E-state index < -0.39 is 20.2 Å². The van der Waals surface area contributed by atoms with E-state index >= 15 is 0 Å². The van der Waals surface area contributed by atoms with E-state index in [1.165, 1.54) is 6.92 Å². The van der Waals surface area contributed by atoms with Gasteiger partial charge in [0.15, 0.2) is 8.32 Å². The van der Waals surface area contributed by atoms with Crippen molar-refractivity contribution in [1.82, 2.24) is 0 Å². The molecule has 0 amide bonds. The van der Waals surface area contributed by atoms with E-state index in [9.17, 15) is 14.7 Å². The SMILES string of the molecule is CC(=O)O[C@@H]1C[C@H](O[Si](C)(C)C(C)(C)C)C[C@H](C(=O)O)C1. The molecule has 0 aromatic rings. The van der Waals surface area contributed by atoms with Crippen molar-refractivity contribution >= 4 is 20.3 Å². The second kappa shape index (κ2) is 6.48. The van der Waals surface area contributed by atoms with Crippen molar-refractivity contribution < 1.29 is 23.9 Å². The number of aliphatic carboxylic acids is 1. The highest BCUT2D eigenvalue weighted by Gasteiger charge is 2.42. The van der Waals surface area contributed by atoms with Crippen LogP contribution in [0.4, 0.5) is 0 Å². The van der Waals surface area contributed by atoms with E-state index in [2.05, 4.69) is 33.9 Å². The van der Waals surface area contributed by atoms with Crippen LogP contribution in [0.3, 0.4) is 0 Å². The van der Waals surface area contributed by atoms with Crippen molar-refractivity contribution in [1.29, 1.82) is 0 Å². The summed E-state index contributed by atoms with van der Waals surface area (Å²) in [6.45, 7) is 12.1. The van der Waals surface area contributed by atoms with Gasteiger partial charge in [0.25, 0.3) is 0 Å². The first-order chi connectivity index (χ1) is 9.42. The maximum atomic E-state index is 11.3. The molecular weight excluding hydrogens is 288 g/mol. The van der Waals surface area contributed by atoms with Crippen LogP contribution >= 0.6 is 0 Å². The number of rotatable bonds is 4. The average molecular weight is 316 g/mol. The molecular formula is C15H28O5Si. The second-order valence-electron chi connectivity index (χ2n) is 7.47. The molecule has 1 saturated carbocycles. The van der Waals surface area contributed by atoms with Gasteiger partial charge in [-0.05, 0) is 31.0 Å². The molecule has 1 fully saturated rings. The van der Waals surface area contributed by atoms with E-state index in [0.29, 0.717) is 19.3 Å². The van der Waals surface area contributed by atoms with Gasteiger partial charge in [-0.3, -0.25) is 9.59 Å². The predicted octanol–water partition coefficient (Wildman–Crippen LogP) is 3.19. The summed E-state index contributed by atoms with van der Waals surface area (Å²) in [7, 11) is -1.96. The van der Waals surface area contributed by atoms with Gasteiger partial charge in [0.1, 0.15) is 6.10 Å². The zero-order valence-electron chi connectivity index (χ0n) is 13.9. The van der Waals surface area contributed by atoms with Crippen LogP contribution in [0, 0.1) is 5.92 Å². The number of hydrogen-bond acceptors (Lipinski definition) is 4. The number of carbonyl (C=O) groups is 2. The summed E-state index contributed by atoms with van der Waals surface area (Å²) in [6, 6.07) is 0. The third-order valence-electron chi connectivity index (χ3n) is 4.57. The second-order valence-corrected chi connectivity index (χ2v) is 12.2. The zero-order valence-corrected chi connectivity index (χ0v) is 14.9. The van der Waals surface area contributed by atoms with Crippen molar-refractivity contribution in [3.63, 3.8) is 0 Å². The molecule has 1 rings (SSSR count). The van der Waals surface area contributed by atoms with Crippen LogP contribution in [0.1, 0.15) is 47.0 Å². The monoisotopic (exact) mass is 316 g/mol. The van der Waals surface area contributed by atoms with Crippen LogP contribution in [-0.4, -0.2) is 37.6 Å². The maximum Gasteiger partial charge on any atom is 0.306 e. The van der Waals surface area contributed by atoms with Crippen molar-refractivity contribution in [3.8, 4) is 0 Å². The van der Waals surface area contributed by atoms with E-state index in [1.807, 2.05) is 0 Å². The Morgan fingerprint density at radius 2 is 1.62 bits per heavy atom. The van der Waals surface area contributed by atoms with Gasteiger partial charge in [-0.15, -0.1) is 0 Å². The lowest BCUT2D eigenvalue weighted by Crippen LogP contribution is -2.47. The van der Waals surface area contributed by atoms with E-state index in [1.54, 1.807) is 0 Å². The lowest BCUT2D eigenvalue weighted by molar-refractivity contribution is -0.156. The molecule has 6 heteroatoms. The normalized spacial score (nSPS) is 27.2. The first-order valence-corrected chi connectivity index (χ1v) is 10.4. The molecule has 0 aliphatic heterocycles. The van der Waals surface area contributed by atoms with Crippen LogP contribution < -0.4 is 0 Å². The molecule has 3 atom stereocenters. The molecule has 5 nitrogen and oxygen atoms in total. The predicted molar refractivity (Wildman–Crippen MR) is 82.6 cm³/mol. The first kappa shape index (κ1) is 18.2. The summed E-state index contributed by atoms with van der Waals surface area (Å²) in [4.78, 5) is 22.4. The number of carboxylic acid groups (broad SMARTS) is 1. The van der Waals surface area contributed by atoms with Crippen molar-refractivity contribution in [2.75, 3.05) is 0 Å². The Bertz CT molecular complexity index is 399. The van der Waals surface area contributed by atoms with Gasteiger partial charge < -0.3 is 14.3 Å². The van der Waals surface area contributed by atoms with Gasteiger partial charge in [-0.2, -0.15) is 0 Å². The summed E-state index contributed by atoms with van der Waals surface area (Å²) in [6.07, 6.45) is 0.971. The fourth-order valence-corrected chi connectivity index (χ4v) is 3.82. The molecule has 21 heavy (non-hydrogen) atoms. The quantitative estimate of drug-likeness (QED) is 0.637. The smallest absolute Gasteiger partial charge is 0.306 e. The van der Waals surface area contributed by atoms with Crippen LogP contribution in [0.25, 0.3) is 0 Å². The molecule has 1 aliphatic carbocycles.